The van der Waals surface area contributed by atoms with Crippen molar-refractivity contribution in [1.82, 2.24) is 0 Å². The number of fused-ring (bicyclic) bond motifs is 1. The van der Waals surface area contributed by atoms with E-state index in [-0.39, 0.29) is 26.9 Å². The first kappa shape index (κ1) is 14.4. The molecule has 0 saturated carbocycles. The monoisotopic (exact) mass is 363 g/mol. The molecule has 1 aliphatic heterocycles. The molecule has 0 fully saturated rings. The number of hydrogen-bond acceptors (Lipinski definition) is 3. The van der Waals surface area contributed by atoms with Gasteiger partial charge in [0.2, 0.25) is 0 Å². The molecule has 0 spiro atoms. The Morgan fingerprint density at radius 1 is 1.09 bits per heavy atom. The van der Waals surface area contributed by atoms with Gasteiger partial charge in [0.05, 0.1) is 16.7 Å². The van der Waals surface area contributed by atoms with Gasteiger partial charge < -0.3 is 5.11 Å². The maximum atomic E-state index is 14.3. The molecule has 2 amide bonds. The Hall–Kier alpha value is -2.54. The van der Waals surface area contributed by atoms with Gasteiger partial charge >= 0.3 is 5.97 Å². The number of anilines is 1. The Morgan fingerprint density at radius 2 is 1.64 bits per heavy atom. The van der Waals surface area contributed by atoms with Crippen LogP contribution in [0, 0.1) is 5.82 Å². The molecule has 0 aliphatic carbocycles. The molecule has 7 heteroatoms. The van der Waals surface area contributed by atoms with Crippen LogP contribution in [0.3, 0.4) is 0 Å². The van der Waals surface area contributed by atoms with Crippen molar-refractivity contribution in [3.63, 3.8) is 0 Å². The predicted molar refractivity (Wildman–Crippen MR) is 78.6 cm³/mol. The molecule has 110 valence electrons. The van der Waals surface area contributed by atoms with Crippen LogP contribution in [0.4, 0.5) is 10.1 Å². The highest BCUT2D eigenvalue weighted by molar-refractivity contribution is 9.10. The van der Waals surface area contributed by atoms with E-state index in [1.165, 1.54) is 12.1 Å². The van der Waals surface area contributed by atoms with E-state index >= 15 is 0 Å². The highest BCUT2D eigenvalue weighted by atomic mass is 79.9. The van der Waals surface area contributed by atoms with Crippen LogP contribution in [0.25, 0.3) is 0 Å². The van der Waals surface area contributed by atoms with Gasteiger partial charge in [-0.05, 0) is 40.2 Å². The summed E-state index contributed by atoms with van der Waals surface area (Å²) in [6.45, 7) is 0. The van der Waals surface area contributed by atoms with E-state index in [0.29, 0.717) is 4.90 Å². The zero-order valence-corrected chi connectivity index (χ0v) is 12.4. The Kier molecular flexibility index (Phi) is 3.29. The quantitative estimate of drug-likeness (QED) is 0.832. The van der Waals surface area contributed by atoms with Gasteiger partial charge in [-0.1, -0.05) is 12.1 Å². The number of benzene rings is 2. The van der Waals surface area contributed by atoms with E-state index in [1.807, 2.05) is 0 Å². The highest BCUT2D eigenvalue weighted by Crippen LogP contribution is 2.36. The highest BCUT2D eigenvalue weighted by Gasteiger charge is 2.38. The molecule has 0 unspecified atom stereocenters. The van der Waals surface area contributed by atoms with Crippen molar-refractivity contribution in [2.75, 3.05) is 4.90 Å². The fourth-order valence-electron chi connectivity index (χ4n) is 2.29. The average molecular weight is 364 g/mol. The average Bonchev–Trinajstić information content (AvgIpc) is 2.72. The molecule has 0 aromatic heterocycles. The number of aromatic carboxylic acids is 1. The van der Waals surface area contributed by atoms with Crippen LogP contribution in [0.1, 0.15) is 31.1 Å². The molecule has 3 rings (SSSR count). The summed E-state index contributed by atoms with van der Waals surface area (Å²) in [5.74, 6) is -3.58. The van der Waals surface area contributed by atoms with E-state index in [4.69, 9.17) is 5.11 Å². The molecule has 2 aromatic rings. The first-order chi connectivity index (χ1) is 10.4. The van der Waals surface area contributed by atoms with Crippen molar-refractivity contribution in [1.29, 1.82) is 0 Å². The molecule has 0 radical (unpaired) electrons. The van der Waals surface area contributed by atoms with E-state index < -0.39 is 23.6 Å². The largest absolute Gasteiger partial charge is 0.478 e. The SMILES string of the molecule is O=C(O)c1cc(F)c(N2C(=O)c3ccccc3C2=O)c(Br)c1. The lowest BCUT2D eigenvalue weighted by Gasteiger charge is -2.17. The topological polar surface area (TPSA) is 74.7 Å². The third-order valence-electron chi connectivity index (χ3n) is 3.28. The summed E-state index contributed by atoms with van der Waals surface area (Å²) in [5, 5.41) is 8.90. The molecule has 5 nitrogen and oxygen atoms in total. The minimum absolute atomic E-state index is 0.0133. The molecule has 0 saturated heterocycles. The summed E-state index contributed by atoms with van der Waals surface area (Å²) < 4.78 is 14.3. The van der Waals surface area contributed by atoms with E-state index in [2.05, 4.69) is 15.9 Å². The second-order valence-electron chi connectivity index (χ2n) is 4.58. The van der Waals surface area contributed by atoms with Gasteiger partial charge in [0, 0.05) is 4.47 Å². The normalized spacial score (nSPS) is 13.5. The number of halogens is 2. The first-order valence-electron chi connectivity index (χ1n) is 6.12. The summed E-state index contributed by atoms with van der Waals surface area (Å²) in [6.07, 6.45) is 0. The second-order valence-corrected chi connectivity index (χ2v) is 5.44. The van der Waals surface area contributed by atoms with E-state index in [1.54, 1.807) is 12.1 Å². The number of carbonyl (C=O) groups excluding carboxylic acids is 2. The Balaban J connectivity index is 2.16. The number of nitrogens with zero attached hydrogens (tertiary/aromatic N) is 1. The number of carbonyl (C=O) groups is 3. The first-order valence-corrected chi connectivity index (χ1v) is 6.91. The zero-order valence-electron chi connectivity index (χ0n) is 10.8. The number of carboxylic acids is 1. The van der Waals surface area contributed by atoms with Gasteiger partial charge in [-0.3, -0.25) is 9.59 Å². The second kappa shape index (κ2) is 5.03. The third-order valence-corrected chi connectivity index (χ3v) is 3.89. The van der Waals surface area contributed by atoms with Crippen molar-refractivity contribution in [3.05, 3.63) is 63.4 Å². The van der Waals surface area contributed by atoms with Crippen LogP contribution < -0.4 is 4.90 Å². The van der Waals surface area contributed by atoms with Crippen LogP contribution in [0.2, 0.25) is 0 Å². The Labute approximate surface area is 132 Å². The molecule has 1 aliphatic rings. The van der Waals surface area contributed by atoms with Crippen LogP contribution in [-0.4, -0.2) is 22.9 Å². The summed E-state index contributed by atoms with van der Waals surface area (Å²) in [7, 11) is 0. The molecule has 22 heavy (non-hydrogen) atoms. The molecule has 0 bridgehead atoms. The number of amides is 2. The number of imide groups is 1. The van der Waals surface area contributed by atoms with Gasteiger partial charge in [0.25, 0.3) is 11.8 Å². The van der Waals surface area contributed by atoms with Crippen molar-refractivity contribution in [3.8, 4) is 0 Å². The lowest BCUT2D eigenvalue weighted by atomic mass is 10.1. The van der Waals surface area contributed by atoms with E-state index in [9.17, 15) is 18.8 Å². The number of rotatable bonds is 2. The minimum atomic E-state index is -1.31. The lowest BCUT2D eigenvalue weighted by Crippen LogP contribution is -2.30. The van der Waals surface area contributed by atoms with Crippen LogP contribution in [-0.2, 0) is 0 Å². The maximum absolute atomic E-state index is 14.3. The Morgan fingerprint density at radius 3 is 2.09 bits per heavy atom. The van der Waals surface area contributed by atoms with Crippen molar-refractivity contribution in [2.45, 2.75) is 0 Å². The molecule has 1 N–H and O–H groups in total. The van der Waals surface area contributed by atoms with Gasteiger partial charge in [-0.2, -0.15) is 0 Å². The summed E-state index contributed by atoms with van der Waals surface area (Å²) in [5.41, 5.74) is -0.219. The smallest absolute Gasteiger partial charge is 0.335 e. The van der Waals surface area contributed by atoms with Gasteiger partial charge in [-0.25, -0.2) is 14.1 Å². The van der Waals surface area contributed by atoms with Crippen molar-refractivity contribution in [2.24, 2.45) is 0 Å². The number of hydrogen-bond donors (Lipinski definition) is 1. The Bertz CT molecular complexity index is 791. The molecular formula is C15H7BrFNO4. The fraction of sp³-hybridized carbons (Fsp3) is 0. The number of carboxylic acid groups (broad SMARTS) is 1. The predicted octanol–water partition coefficient (Wildman–Crippen LogP) is 3.09. The summed E-state index contributed by atoms with van der Waals surface area (Å²) in [6, 6.07) is 8.08. The fourth-order valence-corrected chi connectivity index (χ4v) is 2.91. The molecule has 1 heterocycles. The van der Waals surface area contributed by atoms with E-state index in [0.717, 1.165) is 12.1 Å². The van der Waals surface area contributed by atoms with Gasteiger partial charge in [0.1, 0.15) is 11.5 Å². The standard InChI is InChI=1S/C15H7BrFNO4/c16-10-5-7(15(21)22)6-11(17)12(10)18-13(19)8-3-1-2-4-9(8)14(18)20/h1-6H,(H,21,22). The summed E-state index contributed by atoms with van der Waals surface area (Å²) in [4.78, 5) is 36.3. The van der Waals surface area contributed by atoms with Gasteiger partial charge in [-0.15, -0.1) is 0 Å². The maximum Gasteiger partial charge on any atom is 0.335 e. The third kappa shape index (κ3) is 2.01. The molecule has 2 aromatic carbocycles. The lowest BCUT2D eigenvalue weighted by molar-refractivity contribution is 0.0696. The van der Waals surface area contributed by atoms with Crippen molar-refractivity contribution >= 4 is 39.4 Å². The zero-order chi connectivity index (χ0) is 16.0. The molecule has 0 atom stereocenters. The van der Waals surface area contributed by atoms with Crippen molar-refractivity contribution < 1.29 is 23.9 Å². The minimum Gasteiger partial charge on any atom is -0.478 e. The molecular weight excluding hydrogens is 357 g/mol. The van der Waals surface area contributed by atoms with Gasteiger partial charge in [0.15, 0.2) is 0 Å². The van der Waals surface area contributed by atoms with Crippen LogP contribution in [0.15, 0.2) is 40.9 Å². The van der Waals surface area contributed by atoms with Crippen LogP contribution >= 0.6 is 15.9 Å². The summed E-state index contributed by atoms with van der Waals surface area (Å²) >= 11 is 3.03. The van der Waals surface area contributed by atoms with Crippen LogP contribution in [0.5, 0.6) is 0 Å².